The van der Waals surface area contributed by atoms with Crippen LogP contribution in [0.25, 0.3) is 15.9 Å². The number of rotatable bonds is 1. The molecule has 0 fully saturated rings. The molecule has 7 heteroatoms. The molecular formula is C11H10N4OS2. The lowest BCUT2D eigenvalue weighted by atomic mass is 10.3. The second-order valence-electron chi connectivity index (χ2n) is 4.01. The fourth-order valence-electron chi connectivity index (χ4n) is 1.97. The molecule has 3 rings (SSSR count). The Bertz CT molecular complexity index is 852. The Morgan fingerprint density at radius 1 is 1.50 bits per heavy atom. The minimum atomic E-state index is -0.105. The van der Waals surface area contributed by atoms with Gasteiger partial charge >= 0.3 is 0 Å². The predicted octanol–water partition coefficient (Wildman–Crippen LogP) is 2.15. The molecule has 3 aromatic heterocycles. The highest BCUT2D eigenvalue weighted by Gasteiger charge is 2.12. The zero-order chi connectivity index (χ0) is 12.9. The smallest absolute Gasteiger partial charge is 0.267 e. The molecule has 0 saturated carbocycles. The predicted molar refractivity (Wildman–Crippen MR) is 74.1 cm³/mol. The zero-order valence-electron chi connectivity index (χ0n) is 9.80. The molecule has 0 radical (unpaired) electrons. The third-order valence-corrected chi connectivity index (χ3v) is 3.87. The molecule has 0 aromatic carbocycles. The van der Waals surface area contributed by atoms with Crippen LogP contribution in [0, 0.1) is 11.7 Å². The first-order valence-electron chi connectivity index (χ1n) is 5.31. The van der Waals surface area contributed by atoms with Crippen molar-refractivity contribution in [1.82, 2.24) is 19.3 Å². The van der Waals surface area contributed by atoms with Crippen LogP contribution in [0.1, 0.15) is 5.69 Å². The van der Waals surface area contributed by atoms with E-state index >= 15 is 0 Å². The summed E-state index contributed by atoms with van der Waals surface area (Å²) in [6.45, 7) is 1.86. The lowest BCUT2D eigenvalue weighted by Gasteiger charge is -2.04. The van der Waals surface area contributed by atoms with Crippen LogP contribution in [0.15, 0.2) is 22.4 Å². The van der Waals surface area contributed by atoms with Crippen molar-refractivity contribution in [2.45, 2.75) is 6.92 Å². The highest BCUT2D eigenvalue weighted by atomic mass is 32.1. The molecule has 0 spiro atoms. The van der Waals surface area contributed by atoms with Crippen molar-refractivity contribution < 1.29 is 0 Å². The van der Waals surface area contributed by atoms with Crippen molar-refractivity contribution in [2.24, 2.45) is 7.05 Å². The molecule has 0 bridgehead atoms. The molecule has 0 saturated heterocycles. The summed E-state index contributed by atoms with van der Waals surface area (Å²) in [5, 5.41) is 6.76. The molecule has 0 amide bonds. The zero-order valence-corrected chi connectivity index (χ0v) is 11.4. The van der Waals surface area contributed by atoms with Gasteiger partial charge in [0.05, 0.1) is 16.8 Å². The molecule has 0 atom stereocenters. The van der Waals surface area contributed by atoms with E-state index < -0.39 is 0 Å². The van der Waals surface area contributed by atoms with E-state index in [9.17, 15) is 4.79 Å². The average Bonchev–Trinajstić information content (AvgIpc) is 2.86. The number of aromatic amines is 1. The van der Waals surface area contributed by atoms with Gasteiger partial charge in [-0.25, -0.2) is 4.57 Å². The number of thiophene rings is 1. The van der Waals surface area contributed by atoms with E-state index in [4.69, 9.17) is 12.2 Å². The molecule has 92 valence electrons. The van der Waals surface area contributed by atoms with Crippen LogP contribution in [0.4, 0.5) is 0 Å². The normalized spacial score (nSPS) is 11.2. The van der Waals surface area contributed by atoms with E-state index in [1.165, 1.54) is 15.9 Å². The van der Waals surface area contributed by atoms with Crippen LogP contribution in [0.5, 0.6) is 0 Å². The number of nitrogens with one attached hydrogen (secondary N) is 1. The largest absolute Gasteiger partial charge is 0.323 e. The molecule has 3 heterocycles. The summed E-state index contributed by atoms with van der Waals surface area (Å²) < 4.78 is 3.56. The topological polar surface area (TPSA) is 55.6 Å². The van der Waals surface area contributed by atoms with Gasteiger partial charge in [-0.05, 0) is 30.6 Å². The Hall–Kier alpha value is -1.73. The summed E-state index contributed by atoms with van der Waals surface area (Å²) in [6.07, 6.45) is 1.79. The van der Waals surface area contributed by atoms with Gasteiger partial charge in [0.1, 0.15) is 4.83 Å². The Balaban J connectivity index is 2.46. The monoisotopic (exact) mass is 278 g/mol. The van der Waals surface area contributed by atoms with E-state index in [1.54, 1.807) is 16.9 Å². The van der Waals surface area contributed by atoms with E-state index in [-0.39, 0.29) is 5.56 Å². The van der Waals surface area contributed by atoms with Crippen LogP contribution in [-0.2, 0) is 7.05 Å². The third-order valence-electron chi connectivity index (χ3n) is 2.75. The van der Waals surface area contributed by atoms with Gasteiger partial charge < -0.3 is 4.98 Å². The number of aromatic nitrogens is 4. The number of hydrogen-bond donors (Lipinski definition) is 1. The van der Waals surface area contributed by atoms with Crippen LogP contribution in [0.3, 0.4) is 0 Å². The fraction of sp³-hybridized carbons (Fsp3) is 0.182. The van der Waals surface area contributed by atoms with Gasteiger partial charge in [-0.3, -0.25) is 9.48 Å². The molecule has 0 aliphatic heterocycles. The first kappa shape index (κ1) is 11.4. The summed E-state index contributed by atoms with van der Waals surface area (Å²) in [5.74, 6) is 0. The lowest BCUT2D eigenvalue weighted by Crippen LogP contribution is -2.20. The van der Waals surface area contributed by atoms with Gasteiger partial charge in [0.25, 0.3) is 5.56 Å². The molecule has 0 aliphatic carbocycles. The second kappa shape index (κ2) is 3.89. The maximum atomic E-state index is 12.4. The highest BCUT2D eigenvalue weighted by molar-refractivity contribution is 7.71. The van der Waals surface area contributed by atoms with Gasteiger partial charge in [-0.2, -0.15) is 5.10 Å². The van der Waals surface area contributed by atoms with Crippen LogP contribution in [0.2, 0.25) is 0 Å². The summed E-state index contributed by atoms with van der Waals surface area (Å²) in [5.41, 5.74) is 1.39. The molecule has 0 aliphatic rings. The Morgan fingerprint density at radius 3 is 2.94 bits per heavy atom. The summed E-state index contributed by atoms with van der Waals surface area (Å²) in [6, 6.07) is 1.80. The van der Waals surface area contributed by atoms with Gasteiger partial charge in [0, 0.05) is 13.2 Å². The third kappa shape index (κ3) is 1.55. The van der Waals surface area contributed by atoms with Crippen molar-refractivity contribution in [3.8, 4) is 5.69 Å². The quantitative estimate of drug-likeness (QED) is 0.694. The number of H-pyrrole nitrogens is 1. The van der Waals surface area contributed by atoms with Crippen LogP contribution in [-0.4, -0.2) is 19.3 Å². The van der Waals surface area contributed by atoms with Crippen molar-refractivity contribution in [3.05, 3.63) is 38.5 Å². The van der Waals surface area contributed by atoms with Gasteiger partial charge in [0.15, 0.2) is 4.77 Å². The molecule has 5 nitrogen and oxygen atoms in total. The molecule has 3 aromatic rings. The maximum Gasteiger partial charge on any atom is 0.267 e. The Morgan fingerprint density at radius 2 is 2.28 bits per heavy atom. The Kier molecular flexibility index (Phi) is 2.46. The van der Waals surface area contributed by atoms with Gasteiger partial charge in [-0.1, -0.05) is 0 Å². The summed E-state index contributed by atoms with van der Waals surface area (Å²) in [7, 11) is 1.82. The number of nitrogens with zero attached hydrogens (tertiary/aromatic N) is 3. The van der Waals surface area contributed by atoms with Gasteiger partial charge in [0.2, 0.25) is 0 Å². The SMILES string of the molecule is Cc1nn(C)cc1-n1c(=S)[nH]c2sccc2c1=O. The standard InChI is InChI=1S/C11H10N4OS2/c1-6-8(5-14(2)13-6)15-10(16)7-3-4-18-9(7)12-11(15)17/h3-5H,1-2H3,(H,12,17). The first-order valence-corrected chi connectivity index (χ1v) is 6.60. The molecule has 0 unspecified atom stereocenters. The fourth-order valence-corrected chi connectivity index (χ4v) is 3.09. The van der Waals surface area contributed by atoms with Crippen molar-refractivity contribution >= 4 is 33.8 Å². The lowest BCUT2D eigenvalue weighted by molar-refractivity contribution is 0.756. The number of fused-ring (bicyclic) bond motifs is 1. The number of hydrogen-bond acceptors (Lipinski definition) is 4. The van der Waals surface area contributed by atoms with Crippen molar-refractivity contribution in [2.75, 3.05) is 0 Å². The molecular weight excluding hydrogens is 268 g/mol. The minimum Gasteiger partial charge on any atom is -0.323 e. The average molecular weight is 278 g/mol. The number of aryl methyl sites for hydroxylation is 2. The molecule has 1 N–H and O–H groups in total. The second-order valence-corrected chi connectivity index (χ2v) is 5.31. The van der Waals surface area contributed by atoms with E-state index in [0.717, 1.165) is 16.2 Å². The van der Waals surface area contributed by atoms with Crippen LogP contribution < -0.4 is 5.56 Å². The van der Waals surface area contributed by atoms with E-state index in [0.29, 0.717) is 10.2 Å². The summed E-state index contributed by atoms with van der Waals surface area (Å²) >= 11 is 6.73. The highest BCUT2D eigenvalue weighted by Crippen LogP contribution is 2.17. The maximum absolute atomic E-state index is 12.4. The van der Waals surface area contributed by atoms with E-state index in [2.05, 4.69) is 10.1 Å². The van der Waals surface area contributed by atoms with Crippen molar-refractivity contribution in [1.29, 1.82) is 0 Å². The van der Waals surface area contributed by atoms with Crippen molar-refractivity contribution in [3.63, 3.8) is 0 Å². The van der Waals surface area contributed by atoms with Crippen LogP contribution >= 0.6 is 23.6 Å². The Labute approximate surface area is 111 Å². The minimum absolute atomic E-state index is 0.105. The molecule has 18 heavy (non-hydrogen) atoms. The van der Waals surface area contributed by atoms with E-state index in [1.807, 2.05) is 19.4 Å². The summed E-state index contributed by atoms with van der Waals surface area (Å²) in [4.78, 5) is 16.3. The first-order chi connectivity index (χ1) is 8.58. The van der Waals surface area contributed by atoms with Gasteiger partial charge in [-0.15, -0.1) is 11.3 Å².